The number of carbonyl (C=O) groups excluding carboxylic acids is 1. The van der Waals surface area contributed by atoms with Gasteiger partial charge in [-0.15, -0.1) is 6.42 Å². The number of hydrogen-bond donors (Lipinski definition) is 2. The van der Waals surface area contributed by atoms with Crippen LogP contribution in [-0.2, 0) is 0 Å². The van der Waals surface area contributed by atoms with Gasteiger partial charge in [0, 0.05) is 24.0 Å². The fourth-order valence-electron chi connectivity index (χ4n) is 1.78. The van der Waals surface area contributed by atoms with Crippen LogP contribution in [-0.4, -0.2) is 13.0 Å². The molecule has 0 unspecified atom stereocenters. The highest BCUT2D eigenvalue weighted by Crippen LogP contribution is 2.17. The van der Waals surface area contributed by atoms with Crippen molar-refractivity contribution in [2.75, 3.05) is 17.7 Å². The maximum absolute atomic E-state index is 12.2. The molecule has 0 saturated heterocycles. The minimum Gasteiger partial charge on any atom is -0.387 e. The second kappa shape index (κ2) is 5.74. The third-order valence-electron chi connectivity index (χ3n) is 2.73. The molecule has 0 atom stereocenters. The van der Waals surface area contributed by atoms with Gasteiger partial charge in [0.1, 0.15) is 0 Å². The molecule has 0 saturated carbocycles. The smallest absolute Gasteiger partial charge is 0.257 e. The van der Waals surface area contributed by atoms with Crippen molar-refractivity contribution in [3.8, 4) is 12.3 Å². The van der Waals surface area contributed by atoms with Crippen molar-refractivity contribution in [2.24, 2.45) is 0 Å². The summed E-state index contributed by atoms with van der Waals surface area (Å²) in [4.78, 5) is 12.2. The maximum Gasteiger partial charge on any atom is 0.257 e. The van der Waals surface area contributed by atoms with Gasteiger partial charge in [0.2, 0.25) is 0 Å². The van der Waals surface area contributed by atoms with E-state index in [2.05, 4.69) is 16.6 Å². The molecule has 3 heteroatoms. The van der Waals surface area contributed by atoms with Crippen molar-refractivity contribution in [3.63, 3.8) is 0 Å². The molecule has 1 amide bonds. The third kappa shape index (κ3) is 2.93. The van der Waals surface area contributed by atoms with Gasteiger partial charge < -0.3 is 10.6 Å². The molecule has 0 radical (unpaired) electrons. The Morgan fingerprint density at radius 2 is 1.95 bits per heavy atom. The Hall–Kier alpha value is -2.73. The van der Waals surface area contributed by atoms with Crippen LogP contribution in [0.15, 0.2) is 48.5 Å². The maximum atomic E-state index is 12.2. The van der Waals surface area contributed by atoms with E-state index in [1.54, 1.807) is 25.2 Å². The topological polar surface area (TPSA) is 41.1 Å². The lowest BCUT2D eigenvalue weighted by atomic mass is 10.1. The van der Waals surface area contributed by atoms with Gasteiger partial charge in [0.25, 0.3) is 5.91 Å². The number of carbonyl (C=O) groups is 1. The number of hydrogen-bond acceptors (Lipinski definition) is 2. The van der Waals surface area contributed by atoms with E-state index in [0.29, 0.717) is 11.3 Å². The van der Waals surface area contributed by atoms with Crippen LogP contribution >= 0.6 is 0 Å². The monoisotopic (exact) mass is 250 g/mol. The van der Waals surface area contributed by atoms with Crippen molar-refractivity contribution in [3.05, 3.63) is 59.7 Å². The number of anilines is 2. The standard InChI is InChI=1S/C16H14N2O/c1-3-12-7-6-8-13(11-12)18-16(19)14-9-4-5-10-15(14)17-2/h1,4-11,17H,2H3,(H,18,19). The predicted molar refractivity (Wildman–Crippen MR) is 78.3 cm³/mol. The number of amides is 1. The van der Waals surface area contributed by atoms with Crippen LogP contribution < -0.4 is 10.6 Å². The van der Waals surface area contributed by atoms with Gasteiger partial charge in [-0.1, -0.05) is 24.1 Å². The van der Waals surface area contributed by atoms with E-state index in [4.69, 9.17) is 6.42 Å². The summed E-state index contributed by atoms with van der Waals surface area (Å²) in [5, 5.41) is 5.82. The molecule has 3 nitrogen and oxygen atoms in total. The molecule has 19 heavy (non-hydrogen) atoms. The molecule has 0 aliphatic rings. The summed E-state index contributed by atoms with van der Waals surface area (Å²) in [7, 11) is 1.78. The van der Waals surface area contributed by atoms with Gasteiger partial charge >= 0.3 is 0 Å². The first-order valence-corrected chi connectivity index (χ1v) is 5.89. The number of nitrogens with one attached hydrogen (secondary N) is 2. The number of para-hydroxylation sites is 1. The van der Waals surface area contributed by atoms with E-state index in [1.807, 2.05) is 30.3 Å². The van der Waals surface area contributed by atoms with Crippen molar-refractivity contribution in [1.82, 2.24) is 0 Å². The van der Waals surface area contributed by atoms with Crippen molar-refractivity contribution in [2.45, 2.75) is 0 Å². The highest BCUT2D eigenvalue weighted by Gasteiger charge is 2.10. The van der Waals surface area contributed by atoms with Crippen LogP contribution in [0.2, 0.25) is 0 Å². The van der Waals surface area contributed by atoms with Crippen molar-refractivity contribution < 1.29 is 4.79 Å². The second-order valence-electron chi connectivity index (χ2n) is 3.97. The number of benzene rings is 2. The summed E-state index contributed by atoms with van der Waals surface area (Å²) >= 11 is 0. The minimum absolute atomic E-state index is 0.167. The molecule has 2 rings (SSSR count). The zero-order valence-electron chi connectivity index (χ0n) is 10.6. The summed E-state index contributed by atoms with van der Waals surface area (Å²) < 4.78 is 0. The van der Waals surface area contributed by atoms with E-state index < -0.39 is 0 Å². The highest BCUT2D eigenvalue weighted by atomic mass is 16.1. The van der Waals surface area contributed by atoms with Crippen molar-refractivity contribution in [1.29, 1.82) is 0 Å². The molecule has 0 aliphatic carbocycles. The summed E-state index contributed by atoms with van der Waals surface area (Å²) in [6.45, 7) is 0. The number of rotatable bonds is 3. The zero-order chi connectivity index (χ0) is 13.7. The molecule has 94 valence electrons. The van der Waals surface area contributed by atoms with Crippen LogP contribution in [0.4, 0.5) is 11.4 Å². The Morgan fingerprint density at radius 3 is 2.68 bits per heavy atom. The Kier molecular flexibility index (Phi) is 3.84. The molecule has 0 bridgehead atoms. The lowest BCUT2D eigenvalue weighted by Gasteiger charge is -2.09. The lowest BCUT2D eigenvalue weighted by molar-refractivity contribution is 0.102. The number of terminal acetylenes is 1. The fourth-order valence-corrected chi connectivity index (χ4v) is 1.78. The lowest BCUT2D eigenvalue weighted by Crippen LogP contribution is -2.13. The molecule has 0 spiro atoms. The molecule has 0 aliphatic heterocycles. The minimum atomic E-state index is -0.167. The van der Waals surface area contributed by atoms with Crippen LogP contribution in [0.3, 0.4) is 0 Å². The Balaban J connectivity index is 2.23. The van der Waals surface area contributed by atoms with Gasteiger partial charge in [-0.2, -0.15) is 0 Å². The predicted octanol–water partition coefficient (Wildman–Crippen LogP) is 2.96. The molecule has 0 fully saturated rings. The second-order valence-corrected chi connectivity index (χ2v) is 3.97. The van der Waals surface area contributed by atoms with Gasteiger partial charge in [-0.05, 0) is 30.3 Å². The first kappa shape index (κ1) is 12.7. The van der Waals surface area contributed by atoms with Crippen molar-refractivity contribution >= 4 is 17.3 Å². The van der Waals surface area contributed by atoms with Crippen LogP contribution in [0, 0.1) is 12.3 Å². The van der Waals surface area contributed by atoms with Crippen LogP contribution in [0.25, 0.3) is 0 Å². The average Bonchev–Trinajstić information content (AvgIpc) is 2.47. The average molecular weight is 250 g/mol. The first-order chi connectivity index (χ1) is 9.24. The van der Waals surface area contributed by atoms with E-state index >= 15 is 0 Å². The van der Waals surface area contributed by atoms with Gasteiger partial charge in [0.15, 0.2) is 0 Å². The first-order valence-electron chi connectivity index (χ1n) is 5.89. The normalized spacial score (nSPS) is 9.47. The molecular formula is C16H14N2O. The SMILES string of the molecule is C#Cc1cccc(NC(=O)c2ccccc2NC)c1. The largest absolute Gasteiger partial charge is 0.387 e. The molecular weight excluding hydrogens is 236 g/mol. The summed E-state index contributed by atoms with van der Waals surface area (Å²) in [5.74, 6) is 2.37. The van der Waals surface area contributed by atoms with E-state index in [1.165, 1.54) is 0 Å². The third-order valence-corrected chi connectivity index (χ3v) is 2.73. The fraction of sp³-hybridized carbons (Fsp3) is 0.0625. The molecule has 0 aromatic heterocycles. The summed E-state index contributed by atoms with van der Waals surface area (Å²) in [5.41, 5.74) is 2.80. The Morgan fingerprint density at radius 1 is 1.16 bits per heavy atom. The highest BCUT2D eigenvalue weighted by molar-refractivity contribution is 6.08. The molecule has 2 aromatic rings. The summed E-state index contributed by atoms with van der Waals surface area (Å²) in [6.07, 6.45) is 5.33. The summed E-state index contributed by atoms with van der Waals surface area (Å²) in [6, 6.07) is 14.5. The van der Waals surface area contributed by atoms with Crippen LogP contribution in [0.1, 0.15) is 15.9 Å². The molecule has 2 N–H and O–H groups in total. The van der Waals surface area contributed by atoms with Gasteiger partial charge in [-0.25, -0.2) is 0 Å². The van der Waals surface area contributed by atoms with E-state index in [0.717, 1.165) is 11.3 Å². The Bertz CT molecular complexity index is 641. The zero-order valence-corrected chi connectivity index (χ0v) is 10.6. The van der Waals surface area contributed by atoms with E-state index in [-0.39, 0.29) is 5.91 Å². The molecule has 0 heterocycles. The Labute approximate surface area is 112 Å². The quantitative estimate of drug-likeness (QED) is 0.822. The molecule has 2 aromatic carbocycles. The van der Waals surface area contributed by atoms with Gasteiger partial charge in [-0.3, -0.25) is 4.79 Å². The van der Waals surface area contributed by atoms with Crippen LogP contribution in [0.5, 0.6) is 0 Å². The van der Waals surface area contributed by atoms with E-state index in [9.17, 15) is 4.79 Å². The van der Waals surface area contributed by atoms with Gasteiger partial charge in [0.05, 0.1) is 5.56 Å².